The van der Waals surface area contributed by atoms with Gasteiger partial charge in [0.2, 0.25) is 5.78 Å². The van der Waals surface area contributed by atoms with Crippen LogP contribution in [0, 0.1) is 25.5 Å². The molecule has 8 heteroatoms. The number of halogens is 2. The van der Waals surface area contributed by atoms with E-state index in [1.165, 1.54) is 6.92 Å². The Bertz CT molecular complexity index is 904. The minimum atomic E-state index is -1.26. The van der Waals surface area contributed by atoms with Crippen LogP contribution in [0.25, 0.3) is 0 Å². The van der Waals surface area contributed by atoms with Crippen LogP contribution in [0.4, 0.5) is 8.78 Å². The smallest absolute Gasteiger partial charge is 0.341 e. The van der Waals surface area contributed by atoms with Crippen molar-refractivity contribution in [2.24, 2.45) is 0 Å². The van der Waals surface area contributed by atoms with Crippen molar-refractivity contribution < 1.29 is 32.6 Å². The molecule has 0 bridgehead atoms. The Morgan fingerprint density at radius 3 is 2.41 bits per heavy atom. The van der Waals surface area contributed by atoms with E-state index in [0.29, 0.717) is 17.3 Å². The first-order chi connectivity index (χ1) is 12.7. The number of nitrogens with one attached hydrogen (secondary N) is 1. The quantitative estimate of drug-likeness (QED) is 0.613. The van der Waals surface area contributed by atoms with Crippen molar-refractivity contribution >= 4 is 17.7 Å². The van der Waals surface area contributed by atoms with Crippen molar-refractivity contribution in [1.82, 2.24) is 4.98 Å². The zero-order valence-electron chi connectivity index (χ0n) is 15.3. The standard InChI is InChI=1S/C19H19F2NO5/c1-5-26-19(25)15-9(2)16(22-10(15)3)17(23)11(4)27-18(24)13-7-6-12(20)8-14(13)21/h6-8,11,22H,5H2,1-4H3/t11-/m0/s1. The number of rotatable bonds is 6. The molecule has 0 spiro atoms. The second-order valence-corrected chi connectivity index (χ2v) is 5.88. The SMILES string of the molecule is CCOC(=O)c1c(C)[nH]c(C(=O)[C@H](C)OC(=O)c2ccc(F)cc2F)c1C. The van der Waals surface area contributed by atoms with Crippen LogP contribution in [0.3, 0.4) is 0 Å². The maximum absolute atomic E-state index is 13.7. The highest BCUT2D eigenvalue weighted by atomic mass is 19.1. The van der Waals surface area contributed by atoms with Gasteiger partial charge in [0.15, 0.2) is 6.10 Å². The summed E-state index contributed by atoms with van der Waals surface area (Å²) in [7, 11) is 0. The Balaban J connectivity index is 2.21. The molecule has 0 aliphatic heterocycles. The summed E-state index contributed by atoms with van der Waals surface area (Å²) in [6, 6.07) is 2.40. The molecule has 6 nitrogen and oxygen atoms in total. The van der Waals surface area contributed by atoms with Gasteiger partial charge in [0, 0.05) is 11.8 Å². The topological polar surface area (TPSA) is 85.5 Å². The van der Waals surface area contributed by atoms with Gasteiger partial charge >= 0.3 is 11.9 Å². The van der Waals surface area contributed by atoms with Crippen LogP contribution < -0.4 is 0 Å². The van der Waals surface area contributed by atoms with Crippen molar-refractivity contribution in [3.8, 4) is 0 Å². The number of aromatic nitrogens is 1. The van der Waals surface area contributed by atoms with Crippen molar-refractivity contribution in [2.75, 3.05) is 6.61 Å². The van der Waals surface area contributed by atoms with Gasteiger partial charge in [-0.2, -0.15) is 0 Å². The van der Waals surface area contributed by atoms with Gasteiger partial charge in [-0.05, 0) is 45.4 Å². The number of aromatic amines is 1. The molecule has 1 heterocycles. The molecular weight excluding hydrogens is 360 g/mol. The van der Waals surface area contributed by atoms with Gasteiger partial charge in [-0.25, -0.2) is 18.4 Å². The summed E-state index contributed by atoms with van der Waals surface area (Å²) in [4.78, 5) is 39.5. The molecule has 0 aliphatic carbocycles. The summed E-state index contributed by atoms with van der Waals surface area (Å²) < 4.78 is 36.6. The number of benzene rings is 1. The maximum atomic E-state index is 13.7. The third kappa shape index (κ3) is 4.21. The predicted octanol–water partition coefficient (Wildman–Crippen LogP) is 3.51. The number of esters is 2. The Hall–Kier alpha value is -3.03. The molecule has 0 fully saturated rings. The Kier molecular flexibility index (Phi) is 6.09. The zero-order chi connectivity index (χ0) is 20.3. The second-order valence-electron chi connectivity index (χ2n) is 5.88. The van der Waals surface area contributed by atoms with Crippen LogP contribution in [-0.2, 0) is 9.47 Å². The summed E-state index contributed by atoms with van der Waals surface area (Å²) in [5, 5.41) is 0. The first kappa shape index (κ1) is 20.3. The highest BCUT2D eigenvalue weighted by Gasteiger charge is 2.28. The average molecular weight is 379 g/mol. The molecule has 2 rings (SSSR count). The Morgan fingerprint density at radius 2 is 1.81 bits per heavy atom. The lowest BCUT2D eigenvalue weighted by Crippen LogP contribution is -2.26. The van der Waals surface area contributed by atoms with Gasteiger partial charge < -0.3 is 14.5 Å². The van der Waals surface area contributed by atoms with Crippen molar-refractivity contribution in [1.29, 1.82) is 0 Å². The highest BCUT2D eigenvalue weighted by Crippen LogP contribution is 2.21. The summed E-state index contributed by atoms with van der Waals surface area (Å²) in [5.41, 5.74) is 0.658. The molecule has 1 atom stereocenters. The number of hydrogen-bond acceptors (Lipinski definition) is 5. The fraction of sp³-hybridized carbons (Fsp3) is 0.316. The van der Waals surface area contributed by atoms with Crippen molar-refractivity contribution in [3.05, 3.63) is 57.9 Å². The average Bonchev–Trinajstić information content (AvgIpc) is 2.88. The number of ketones is 1. The van der Waals surface area contributed by atoms with Gasteiger partial charge in [-0.15, -0.1) is 0 Å². The molecule has 0 saturated carbocycles. The third-order valence-corrected chi connectivity index (χ3v) is 3.97. The van der Waals surface area contributed by atoms with E-state index in [2.05, 4.69) is 4.98 Å². The molecule has 1 aromatic heterocycles. The van der Waals surface area contributed by atoms with Gasteiger partial charge in [0.25, 0.3) is 0 Å². The molecule has 0 unspecified atom stereocenters. The van der Waals surface area contributed by atoms with E-state index in [1.807, 2.05) is 0 Å². The van der Waals surface area contributed by atoms with Gasteiger partial charge in [-0.1, -0.05) is 0 Å². The molecule has 1 N–H and O–H groups in total. The largest absolute Gasteiger partial charge is 0.462 e. The third-order valence-electron chi connectivity index (χ3n) is 3.97. The van der Waals surface area contributed by atoms with Crippen molar-refractivity contribution in [2.45, 2.75) is 33.8 Å². The molecule has 144 valence electrons. The van der Waals surface area contributed by atoms with Crippen LogP contribution in [-0.4, -0.2) is 35.4 Å². The van der Waals surface area contributed by atoms with Crippen LogP contribution in [0.15, 0.2) is 18.2 Å². The minimum absolute atomic E-state index is 0.0930. The summed E-state index contributed by atoms with van der Waals surface area (Å²) in [6.45, 7) is 6.35. The first-order valence-corrected chi connectivity index (χ1v) is 8.23. The van der Waals surface area contributed by atoms with E-state index >= 15 is 0 Å². The van der Waals surface area contributed by atoms with Crippen LogP contribution in [0.5, 0.6) is 0 Å². The Labute approximate surface area is 154 Å². The first-order valence-electron chi connectivity index (χ1n) is 8.23. The highest BCUT2D eigenvalue weighted by molar-refractivity contribution is 6.04. The second kappa shape index (κ2) is 8.11. The number of aryl methyl sites for hydroxylation is 1. The molecule has 0 amide bonds. The predicted molar refractivity (Wildman–Crippen MR) is 91.8 cm³/mol. The van der Waals surface area contributed by atoms with Gasteiger partial charge in [0.05, 0.1) is 23.4 Å². The number of ether oxygens (including phenoxy) is 2. The van der Waals surface area contributed by atoms with Crippen LogP contribution in [0.2, 0.25) is 0 Å². The number of carbonyl (C=O) groups is 3. The zero-order valence-corrected chi connectivity index (χ0v) is 15.3. The molecule has 1 aromatic carbocycles. The maximum Gasteiger partial charge on any atom is 0.341 e. The van der Waals surface area contributed by atoms with Gasteiger partial charge in [0.1, 0.15) is 11.6 Å². The summed E-state index contributed by atoms with van der Waals surface area (Å²) in [6.07, 6.45) is -1.26. The minimum Gasteiger partial charge on any atom is -0.462 e. The molecule has 0 radical (unpaired) electrons. The van der Waals surface area contributed by atoms with Crippen LogP contribution >= 0.6 is 0 Å². The summed E-state index contributed by atoms with van der Waals surface area (Å²) in [5.74, 6) is -4.18. The van der Waals surface area contributed by atoms with E-state index in [1.54, 1.807) is 20.8 Å². The number of Topliss-reactive ketones (excluding diaryl/α,β-unsaturated/α-hetero) is 1. The molecule has 0 aliphatic rings. The van der Waals surface area contributed by atoms with Crippen molar-refractivity contribution in [3.63, 3.8) is 0 Å². The number of hydrogen-bond donors (Lipinski definition) is 1. The van der Waals surface area contributed by atoms with Crippen LogP contribution in [0.1, 0.15) is 56.3 Å². The Morgan fingerprint density at radius 1 is 1.15 bits per heavy atom. The number of H-pyrrole nitrogens is 1. The fourth-order valence-electron chi connectivity index (χ4n) is 2.64. The molecule has 27 heavy (non-hydrogen) atoms. The lowest BCUT2D eigenvalue weighted by molar-refractivity contribution is 0.0312. The summed E-state index contributed by atoms with van der Waals surface area (Å²) >= 11 is 0. The molecular formula is C19H19F2NO5. The normalized spacial score (nSPS) is 11.8. The van der Waals surface area contributed by atoms with E-state index < -0.39 is 41.0 Å². The van der Waals surface area contributed by atoms with E-state index in [0.717, 1.165) is 12.1 Å². The van der Waals surface area contributed by atoms with E-state index in [4.69, 9.17) is 9.47 Å². The van der Waals surface area contributed by atoms with E-state index in [9.17, 15) is 23.2 Å². The van der Waals surface area contributed by atoms with Gasteiger partial charge in [-0.3, -0.25) is 4.79 Å². The number of carbonyl (C=O) groups excluding carboxylic acids is 3. The lowest BCUT2D eigenvalue weighted by atomic mass is 10.1. The molecule has 2 aromatic rings. The van der Waals surface area contributed by atoms with E-state index in [-0.39, 0.29) is 17.9 Å². The lowest BCUT2D eigenvalue weighted by Gasteiger charge is -2.12. The molecule has 0 saturated heterocycles. The monoisotopic (exact) mass is 379 g/mol. The fourth-order valence-corrected chi connectivity index (χ4v) is 2.64.